The van der Waals surface area contributed by atoms with Crippen LogP contribution in [0.5, 0.6) is 5.75 Å². The highest BCUT2D eigenvalue weighted by Gasteiger charge is 2.12. The number of ether oxygens (including phenoxy) is 1. The molecule has 0 bridgehead atoms. The normalized spacial score (nSPS) is 10.9. The molecule has 1 amide bonds. The third-order valence-electron chi connectivity index (χ3n) is 4.59. The Morgan fingerprint density at radius 1 is 0.871 bits per heavy atom. The number of amides is 1. The molecule has 0 aliphatic rings. The van der Waals surface area contributed by atoms with E-state index in [1.54, 1.807) is 48.5 Å². The minimum atomic E-state index is -0.502. The first-order valence-electron chi connectivity index (χ1n) is 9.50. The quantitative estimate of drug-likeness (QED) is 0.198. The Balaban J connectivity index is 1.53. The summed E-state index contributed by atoms with van der Waals surface area (Å²) in [4.78, 5) is 25.0. The van der Waals surface area contributed by atoms with Gasteiger partial charge in [-0.2, -0.15) is 5.10 Å². The number of nitrogens with zero attached hydrogens (tertiary/aromatic N) is 1. The number of hydrazone groups is 1. The molecule has 0 saturated heterocycles. The number of carbonyl (C=O) groups excluding carboxylic acids is 2. The first-order chi connectivity index (χ1) is 15.1. The lowest BCUT2D eigenvalue weighted by Crippen LogP contribution is -2.18. The van der Waals surface area contributed by atoms with Crippen molar-refractivity contribution in [2.75, 3.05) is 0 Å². The molecule has 0 heterocycles. The van der Waals surface area contributed by atoms with E-state index in [2.05, 4.69) is 10.5 Å². The SMILES string of the molecule is O=C(Oc1ccc(Cl)cc1/C=N/NC(=O)c1cccc2ccccc12)c1ccccc1. The molecule has 0 unspecified atom stereocenters. The second kappa shape index (κ2) is 9.24. The predicted octanol–water partition coefficient (Wildman–Crippen LogP) is 5.48. The van der Waals surface area contributed by atoms with E-state index in [0.717, 1.165) is 10.8 Å². The average molecular weight is 429 g/mol. The van der Waals surface area contributed by atoms with Crippen molar-refractivity contribution >= 4 is 40.5 Å². The third-order valence-corrected chi connectivity index (χ3v) is 4.82. The molecule has 4 aromatic rings. The summed E-state index contributed by atoms with van der Waals surface area (Å²) in [5.74, 6) is -0.573. The van der Waals surface area contributed by atoms with Gasteiger partial charge in [0, 0.05) is 16.1 Å². The van der Waals surface area contributed by atoms with Gasteiger partial charge in [-0.15, -0.1) is 0 Å². The first kappa shape index (κ1) is 20.3. The van der Waals surface area contributed by atoms with Gasteiger partial charge in [0.05, 0.1) is 11.8 Å². The van der Waals surface area contributed by atoms with Crippen LogP contribution in [-0.4, -0.2) is 18.1 Å². The van der Waals surface area contributed by atoms with E-state index in [1.165, 1.54) is 6.21 Å². The maximum Gasteiger partial charge on any atom is 0.343 e. The van der Waals surface area contributed by atoms with Crippen LogP contribution in [0.2, 0.25) is 5.02 Å². The van der Waals surface area contributed by atoms with Crippen LogP contribution >= 0.6 is 11.6 Å². The Labute approximate surface area is 183 Å². The van der Waals surface area contributed by atoms with Gasteiger partial charge in [0.15, 0.2) is 0 Å². The molecule has 6 heteroatoms. The summed E-state index contributed by atoms with van der Waals surface area (Å²) in [6.07, 6.45) is 1.39. The molecule has 152 valence electrons. The monoisotopic (exact) mass is 428 g/mol. The second-order valence-electron chi connectivity index (χ2n) is 6.66. The van der Waals surface area contributed by atoms with Gasteiger partial charge >= 0.3 is 5.97 Å². The highest BCUT2D eigenvalue weighted by molar-refractivity contribution is 6.31. The fourth-order valence-electron chi connectivity index (χ4n) is 3.09. The van der Waals surface area contributed by atoms with Crippen molar-refractivity contribution in [3.63, 3.8) is 0 Å². The van der Waals surface area contributed by atoms with Crippen molar-refractivity contribution in [1.29, 1.82) is 0 Å². The zero-order chi connectivity index (χ0) is 21.6. The van der Waals surface area contributed by atoms with E-state index < -0.39 is 5.97 Å². The van der Waals surface area contributed by atoms with Gasteiger partial charge in [-0.3, -0.25) is 4.79 Å². The molecule has 0 aliphatic carbocycles. The molecular formula is C25H17ClN2O3. The van der Waals surface area contributed by atoms with E-state index in [1.807, 2.05) is 42.5 Å². The standard InChI is InChI=1S/C25H17ClN2O3/c26-20-13-14-23(31-25(30)18-8-2-1-3-9-18)19(15-20)16-27-28-24(29)22-12-6-10-17-7-4-5-11-21(17)22/h1-16H,(H,28,29)/b27-16+. The highest BCUT2D eigenvalue weighted by Crippen LogP contribution is 2.23. The molecule has 0 saturated carbocycles. The fraction of sp³-hybridized carbons (Fsp3) is 0. The number of rotatable bonds is 5. The van der Waals surface area contributed by atoms with Crippen molar-refractivity contribution in [2.45, 2.75) is 0 Å². The second-order valence-corrected chi connectivity index (χ2v) is 7.10. The number of hydrogen-bond donors (Lipinski definition) is 1. The molecule has 0 aliphatic heterocycles. The van der Waals surface area contributed by atoms with Crippen molar-refractivity contribution in [3.8, 4) is 5.75 Å². The largest absolute Gasteiger partial charge is 0.422 e. The van der Waals surface area contributed by atoms with E-state index in [4.69, 9.17) is 16.3 Å². The summed E-state index contributed by atoms with van der Waals surface area (Å²) in [6, 6.07) is 26.5. The van der Waals surface area contributed by atoms with Crippen molar-refractivity contribution < 1.29 is 14.3 Å². The van der Waals surface area contributed by atoms with Crippen molar-refractivity contribution in [3.05, 3.63) is 113 Å². The first-order valence-corrected chi connectivity index (χ1v) is 9.87. The van der Waals surface area contributed by atoms with E-state index in [9.17, 15) is 9.59 Å². The lowest BCUT2D eigenvalue weighted by molar-refractivity contribution is 0.0734. The summed E-state index contributed by atoms with van der Waals surface area (Å²) in [5.41, 5.74) is 3.90. The molecule has 0 fully saturated rings. The molecule has 0 atom stereocenters. The van der Waals surface area contributed by atoms with Crippen LogP contribution in [0.4, 0.5) is 0 Å². The molecule has 4 rings (SSSR count). The smallest absolute Gasteiger partial charge is 0.343 e. The number of carbonyl (C=O) groups is 2. The molecule has 31 heavy (non-hydrogen) atoms. The number of hydrogen-bond acceptors (Lipinski definition) is 4. The van der Waals surface area contributed by atoms with Crippen LogP contribution in [0.15, 0.2) is 96.1 Å². The molecule has 4 aromatic carbocycles. The Bertz CT molecular complexity index is 1280. The van der Waals surface area contributed by atoms with Crippen LogP contribution in [-0.2, 0) is 0 Å². The summed E-state index contributed by atoms with van der Waals surface area (Å²) < 4.78 is 5.48. The van der Waals surface area contributed by atoms with Crippen LogP contribution in [0, 0.1) is 0 Å². The minimum Gasteiger partial charge on any atom is -0.422 e. The summed E-state index contributed by atoms with van der Waals surface area (Å²) in [6.45, 7) is 0. The number of nitrogens with one attached hydrogen (secondary N) is 1. The van der Waals surface area contributed by atoms with Crippen LogP contribution < -0.4 is 10.2 Å². The number of esters is 1. The van der Waals surface area contributed by atoms with E-state index in [-0.39, 0.29) is 11.7 Å². The summed E-state index contributed by atoms with van der Waals surface area (Å²) in [5, 5.41) is 6.27. The van der Waals surface area contributed by atoms with Gasteiger partial charge in [0.2, 0.25) is 0 Å². The highest BCUT2D eigenvalue weighted by atomic mass is 35.5. The van der Waals surface area contributed by atoms with Crippen molar-refractivity contribution in [2.24, 2.45) is 5.10 Å². The Morgan fingerprint density at radius 3 is 2.45 bits per heavy atom. The summed E-state index contributed by atoms with van der Waals surface area (Å²) >= 11 is 6.08. The van der Waals surface area contributed by atoms with Crippen LogP contribution in [0.3, 0.4) is 0 Å². The number of halogens is 1. The van der Waals surface area contributed by atoms with E-state index >= 15 is 0 Å². The third kappa shape index (κ3) is 4.79. The van der Waals surface area contributed by atoms with Gasteiger partial charge in [0.25, 0.3) is 5.91 Å². The van der Waals surface area contributed by atoms with Gasteiger partial charge in [-0.05, 0) is 47.2 Å². The van der Waals surface area contributed by atoms with Gasteiger partial charge in [0.1, 0.15) is 5.75 Å². The molecule has 5 nitrogen and oxygen atoms in total. The fourth-order valence-corrected chi connectivity index (χ4v) is 3.27. The molecular weight excluding hydrogens is 412 g/mol. The Kier molecular flexibility index (Phi) is 6.05. The van der Waals surface area contributed by atoms with Gasteiger partial charge < -0.3 is 4.74 Å². The van der Waals surface area contributed by atoms with Gasteiger partial charge in [-0.1, -0.05) is 66.2 Å². The number of benzene rings is 4. The van der Waals surface area contributed by atoms with E-state index in [0.29, 0.717) is 21.7 Å². The number of fused-ring (bicyclic) bond motifs is 1. The Morgan fingerprint density at radius 2 is 1.61 bits per heavy atom. The lowest BCUT2D eigenvalue weighted by Gasteiger charge is -2.08. The average Bonchev–Trinajstić information content (AvgIpc) is 2.80. The minimum absolute atomic E-state index is 0.279. The maximum absolute atomic E-state index is 12.6. The van der Waals surface area contributed by atoms with Crippen LogP contribution in [0.25, 0.3) is 10.8 Å². The zero-order valence-corrected chi connectivity index (χ0v) is 17.0. The van der Waals surface area contributed by atoms with Crippen LogP contribution in [0.1, 0.15) is 26.3 Å². The summed E-state index contributed by atoms with van der Waals surface area (Å²) in [7, 11) is 0. The predicted molar refractivity (Wildman–Crippen MR) is 122 cm³/mol. The Hall–Kier alpha value is -3.96. The molecule has 0 aromatic heterocycles. The molecule has 0 radical (unpaired) electrons. The maximum atomic E-state index is 12.6. The lowest BCUT2D eigenvalue weighted by atomic mass is 10.0. The molecule has 0 spiro atoms. The van der Waals surface area contributed by atoms with Gasteiger partial charge in [-0.25, -0.2) is 10.2 Å². The van der Waals surface area contributed by atoms with Crippen molar-refractivity contribution in [1.82, 2.24) is 5.43 Å². The zero-order valence-electron chi connectivity index (χ0n) is 16.3. The molecule has 1 N–H and O–H groups in total. The topological polar surface area (TPSA) is 67.8 Å².